The maximum atomic E-state index is 5.99. The van der Waals surface area contributed by atoms with Crippen molar-refractivity contribution in [3.05, 3.63) is 24.3 Å². The van der Waals surface area contributed by atoms with E-state index in [1.54, 1.807) is 0 Å². The number of anilines is 2. The minimum Gasteiger partial charge on any atom is -0.381 e. The fourth-order valence-corrected chi connectivity index (χ4v) is 2.90. The van der Waals surface area contributed by atoms with Crippen LogP contribution in [-0.4, -0.2) is 40.5 Å². The normalized spacial score (nSPS) is 19.6. The lowest BCUT2D eigenvalue weighted by molar-refractivity contribution is 0.277. The van der Waals surface area contributed by atoms with E-state index >= 15 is 0 Å². The molecular weight excluding hydrogens is 250 g/mol. The molecule has 0 spiro atoms. The number of aromatic nitrogens is 2. The Bertz CT molecular complexity index is 598. The van der Waals surface area contributed by atoms with E-state index in [1.807, 2.05) is 24.3 Å². The van der Waals surface area contributed by atoms with Gasteiger partial charge in [-0.05, 0) is 38.1 Å². The molecule has 2 aromatic rings. The molecule has 0 bridgehead atoms. The van der Waals surface area contributed by atoms with Crippen LogP contribution in [0, 0.1) is 0 Å². The monoisotopic (exact) mass is 271 g/mol. The first kappa shape index (κ1) is 13.1. The zero-order valence-corrected chi connectivity index (χ0v) is 11.8. The van der Waals surface area contributed by atoms with Crippen molar-refractivity contribution in [2.75, 3.05) is 30.7 Å². The Morgan fingerprint density at radius 2 is 2.05 bits per heavy atom. The predicted molar refractivity (Wildman–Crippen MR) is 82.7 cm³/mol. The van der Waals surface area contributed by atoms with Gasteiger partial charge in [0.2, 0.25) is 0 Å². The third-order valence-corrected chi connectivity index (χ3v) is 4.01. The number of likely N-dealkylation sites (N-methyl/N-ethyl adjacent to an activating group) is 1. The Labute approximate surface area is 119 Å². The van der Waals surface area contributed by atoms with E-state index < -0.39 is 0 Å². The second-order valence-electron chi connectivity index (χ2n) is 5.25. The Morgan fingerprint density at radius 3 is 2.80 bits per heavy atom. The number of nitrogens with zero attached hydrogens (tertiary/aromatic N) is 3. The molecule has 1 aromatic carbocycles. The third kappa shape index (κ3) is 2.54. The molecule has 2 heterocycles. The lowest BCUT2D eigenvalue weighted by Gasteiger charge is -2.23. The van der Waals surface area contributed by atoms with Crippen molar-refractivity contribution < 1.29 is 0 Å². The van der Waals surface area contributed by atoms with Crippen molar-refractivity contribution in [1.82, 2.24) is 14.9 Å². The fraction of sp³-hybridized carbons (Fsp3) is 0.467. The van der Waals surface area contributed by atoms with Gasteiger partial charge in [-0.1, -0.05) is 19.1 Å². The highest BCUT2D eigenvalue weighted by atomic mass is 15.2. The van der Waals surface area contributed by atoms with Crippen LogP contribution in [0.4, 0.5) is 11.6 Å². The van der Waals surface area contributed by atoms with E-state index in [0.29, 0.717) is 17.7 Å². The predicted octanol–water partition coefficient (Wildman–Crippen LogP) is 2.11. The number of hydrogen-bond donors (Lipinski definition) is 2. The number of rotatable bonds is 4. The van der Waals surface area contributed by atoms with Gasteiger partial charge in [-0.25, -0.2) is 9.97 Å². The van der Waals surface area contributed by atoms with Gasteiger partial charge >= 0.3 is 0 Å². The van der Waals surface area contributed by atoms with Crippen molar-refractivity contribution in [2.24, 2.45) is 0 Å². The smallest absolute Gasteiger partial charge is 0.169 e. The summed E-state index contributed by atoms with van der Waals surface area (Å²) < 4.78 is 0. The van der Waals surface area contributed by atoms with E-state index in [1.165, 1.54) is 19.4 Å². The summed E-state index contributed by atoms with van der Waals surface area (Å²) in [5.41, 5.74) is 7.71. The second-order valence-corrected chi connectivity index (χ2v) is 5.25. The molecular formula is C15H21N5. The van der Waals surface area contributed by atoms with Gasteiger partial charge < -0.3 is 11.1 Å². The molecule has 1 unspecified atom stereocenters. The number of nitrogens with two attached hydrogens (primary N) is 1. The summed E-state index contributed by atoms with van der Waals surface area (Å²) in [4.78, 5) is 11.5. The van der Waals surface area contributed by atoms with Crippen LogP contribution in [0.25, 0.3) is 11.0 Å². The molecule has 20 heavy (non-hydrogen) atoms. The van der Waals surface area contributed by atoms with Crippen LogP contribution in [0.1, 0.15) is 19.8 Å². The van der Waals surface area contributed by atoms with Crippen LogP contribution in [0.3, 0.4) is 0 Å². The van der Waals surface area contributed by atoms with Gasteiger partial charge in [-0.15, -0.1) is 0 Å². The van der Waals surface area contributed by atoms with E-state index in [9.17, 15) is 0 Å². The van der Waals surface area contributed by atoms with Crippen molar-refractivity contribution >= 4 is 22.7 Å². The second kappa shape index (κ2) is 5.63. The van der Waals surface area contributed by atoms with Gasteiger partial charge in [-0.3, -0.25) is 4.90 Å². The average molecular weight is 271 g/mol. The van der Waals surface area contributed by atoms with E-state index in [4.69, 9.17) is 5.73 Å². The molecule has 5 nitrogen and oxygen atoms in total. The van der Waals surface area contributed by atoms with E-state index in [-0.39, 0.29) is 0 Å². The van der Waals surface area contributed by atoms with Crippen LogP contribution in [0.2, 0.25) is 0 Å². The number of nitrogen functional groups attached to an aromatic ring is 1. The molecule has 1 atom stereocenters. The summed E-state index contributed by atoms with van der Waals surface area (Å²) in [7, 11) is 0. The maximum absolute atomic E-state index is 5.99. The van der Waals surface area contributed by atoms with Crippen LogP contribution in [0.5, 0.6) is 0 Å². The highest BCUT2D eigenvalue weighted by molar-refractivity contribution is 5.79. The molecule has 106 valence electrons. The number of para-hydroxylation sites is 2. The summed E-state index contributed by atoms with van der Waals surface area (Å²) in [6, 6.07) is 8.38. The molecule has 1 aliphatic rings. The SMILES string of the molecule is CCN1CCCC1CNc1nc2ccccc2nc1N. The number of hydrogen-bond acceptors (Lipinski definition) is 5. The average Bonchev–Trinajstić information content (AvgIpc) is 2.92. The van der Waals surface area contributed by atoms with Gasteiger partial charge in [0.15, 0.2) is 11.6 Å². The first-order valence-electron chi connectivity index (χ1n) is 7.28. The van der Waals surface area contributed by atoms with Gasteiger partial charge in [0.1, 0.15) is 0 Å². The van der Waals surface area contributed by atoms with Crippen LogP contribution in [0.15, 0.2) is 24.3 Å². The number of benzene rings is 1. The number of nitrogens with one attached hydrogen (secondary N) is 1. The molecule has 1 aliphatic heterocycles. The Kier molecular flexibility index (Phi) is 3.69. The highest BCUT2D eigenvalue weighted by Crippen LogP contribution is 2.21. The lowest BCUT2D eigenvalue weighted by Crippen LogP contribution is -2.34. The first-order valence-corrected chi connectivity index (χ1v) is 7.28. The van der Waals surface area contributed by atoms with E-state index in [2.05, 4.69) is 27.1 Å². The zero-order valence-electron chi connectivity index (χ0n) is 11.8. The van der Waals surface area contributed by atoms with E-state index in [0.717, 1.165) is 24.1 Å². The standard InChI is InChI=1S/C15H21N5/c1-2-20-9-5-6-11(20)10-17-15-14(16)18-12-7-3-4-8-13(12)19-15/h3-4,7-8,11H,2,5-6,9-10H2,1H3,(H2,16,18)(H,17,19). The van der Waals surface area contributed by atoms with Gasteiger partial charge in [-0.2, -0.15) is 0 Å². The van der Waals surface area contributed by atoms with Crippen molar-refractivity contribution in [3.8, 4) is 0 Å². The summed E-state index contributed by atoms with van der Waals surface area (Å²) in [5.74, 6) is 1.18. The first-order chi connectivity index (χ1) is 9.78. The minimum atomic E-state index is 0.477. The molecule has 3 N–H and O–H groups in total. The molecule has 1 fully saturated rings. The van der Waals surface area contributed by atoms with Crippen molar-refractivity contribution in [3.63, 3.8) is 0 Å². The number of fused-ring (bicyclic) bond motifs is 1. The Morgan fingerprint density at radius 1 is 1.30 bits per heavy atom. The van der Waals surface area contributed by atoms with Gasteiger partial charge in [0.25, 0.3) is 0 Å². The maximum Gasteiger partial charge on any atom is 0.169 e. The molecule has 0 aliphatic carbocycles. The van der Waals surface area contributed by atoms with Crippen LogP contribution in [-0.2, 0) is 0 Å². The number of likely N-dealkylation sites (tertiary alicyclic amines) is 1. The van der Waals surface area contributed by atoms with Crippen molar-refractivity contribution in [2.45, 2.75) is 25.8 Å². The highest BCUT2D eigenvalue weighted by Gasteiger charge is 2.22. The summed E-state index contributed by atoms with van der Waals surface area (Å²) in [5, 5.41) is 3.37. The summed E-state index contributed by atoms with van der Waals surface area (Å²) >= 11 is 0. The summed E-state index contributed by atoms with van der Waals surface area (Å²) in [6.45, 7) is 5.39. The quantitative estimate of drug-likeness (QED) is 0.891. The molecule has 3 rings (SSSR count). The lowest BCUT2D eigenvalue weighted by atomic mass is 10.2. The summed E-state index contributed by atoms with van der Waals surface area (Å²) in [6.07, 6.45) is 2.51. The van der Waals surface area contributed by atoms with Crippen LogP contribution < -0.4 is 11.1 Å². The fourth-order valence-electron chi connectivity index (χ4n) is 2.90. The topological polar surface area (TPSA) is 67.1 Å². The molecule has 1 saturated heterocycles. The molecule has 0 saturated carbocycles. The van der Waals surface area contributed by atoms with Gasteiger partial charge in [0, 0.05) is 12.6 Å². The zero-order chi connectivity index (χ0) is 13.9. The molecule has 5 heteroatoms. The third-order valence-electron chi connectivity index (χ3n) is 4.01. The van der Waals surface area contributed by atoms with Crippen LogP contribution >= 0.6 is 0 Å². The minimum absolute atomic E-state index is 0.477. The van der Waals surface area contributed by atoms with Gasteiger partial charge in [0.05, 0.1) is 11.0 Å². The Balaban J connectivity index is 1.75. The molecule has 0 amide bonds. The molecule has 0 radical (unpaired) electrons. The largest absolute Gasteiger partial charge is 0.381 e. The van der Waals surface area contributed by atoms with Crippen molar-refractivity contribution in [1.29, 1.82) is 0 Å². The Hall–Kier alpha value is -1.88. The molecule has 1 aromatic heterocycles.